The van der Waals surface area contributed by atoms with Gasteiger partial charge < -0.3 is 4.42 Å². The van der Waals surface area contributed by atoms with Crippen LogP contribution in [0.2, 0.25) is 0 Å². The maximum Gasteiger partial charge on any atom is 0.417 e. The van der Waals surface area contributed by atoms with E-state index in [-0.39, 0.29) is 16.8 Å². The summed E-state index contributed by atoms with van der Waals surface area (Å²) in [7, 11) is 0. The van der Waals surface area contributed by atoms with Crippen molar-refractivity contribution in [1.82, 2.24) is 9.97 Å². The van der Waals surface area contributed by atoms with Crippen molar-refractivity contribution in [2.24, 2.45) is 0 Å². The molecule has 0 saturated heterocycles. The molecule has 0 fully saturated rings. The predicted molar refractivity (Wildman–Crippen MR) is 92.4 cm³/mol. The smallest absolute Gasteiger partial charge is 0.417 e. The molecule has 0 bridgehead atoms. The minimum Gasteiger partial charge on any atom is -0.457 e. The Morgan fingerprint density at radius 1 is 0.885 bits per heavy atom. The van der Waals surface area contributed by atoms with Crippen LogP contribution >= 0.6 is 0 Å². The topological polar surface area (TPSA) is 38.9 Å². The number of aryl methyl sites for hydroxylation is 1. The number of alkyl halides is 3. The molecule has 26 heavy (non-hydrogen) atoms. The minimum absolute atomic E-state index is 0.0288. The molecule has 3 nitrogen and oxygen atoms in total. The average molecular weight is 354 g/mol. The zero-order chi connectivity index (χ0) is 18.3. The lowest BCUT2D eigenvalue weighted by molar-refractivity contribution is -0.137. The Balaban J connectivity index is 2.04. The highest BCUT2D eigenvalue weighted by Gasteiger charge is 2.34. The third kappa shape index (κ3) is 2.83. The van der Waals surface area contributed by atoms with Gasteiger partial charge in [0.2, 0.25) is 0 Å². The van der Waals surface area contributed by atoms with Gasteiger partial charge in [0, 0.05) is 17.2 Å². The van der Waals surface area contributed by atoms with E-state index in [1.807, 2.05) is 30.3 Å². The highest BCUT2D eigenvalue weighted by atomic mass is 19.4. The second-order valence-electron chi connectivity index (χ2n) is 5.88. The molecule has 130 valence electrons. The average Bonchev–Trinajstić information content (AvgIpc) is 3.01. The quantitative estimate of drug-likeness (QED) is 0.451. The fraction of sp³-hybridized carbons (Fsp3) is 0.100. The molecule has 2 heterocycles. The van der Waals surface area contributed by atoms with E-state index < -0.39 is 11.7 Å². The number of rotatable bonds is 2. The summed E-state index contributed by atoms with van der Waals surface area (Å²) < 4.78 is 46.1. The summed E-state index contributed by atoms with van der Waals surface area (Å²) in [5.74, 6) is 0.913. The van der Waals surface area contributed by atoms with Crippen LogP contribution in [0.3, 0.4) is 0 Å². The van der Waals surface area contributed by atoms with Gasteiger partial charge in [-0.1, -0.05) is 48.5 Å². The first-order chi connectivity index (χ1) is 12.4. The number of aromatic nitrogens is 2. The van der Waals surface area contributed by atoms with Crippen molar-refractivity contribution in [3.05, 3.63) is 72.0 Å². The molecule has 0 N–H and O–H groups in total. The molecule has 0 spiro atoms. The molecule has 0 aliphatic carbocycles. The summed E-state index contributed by atoms with van der Waals surface area (Å²) in [6.45, 7) is 1.73. The first-order valence-corrected chi connectivity index (χ1v) is 7.94. The maximum atomic E-state index is 13.5. The maximum absolute atomic E-state index is 13.5. The van der Waals surface area contributed by atoms with E-state index in [0.29, 0.717) is 17.1 Å². The van der Waals surface area contributed by atoms with Gasteiger partial charge in [-0.15, -0.1) is 0 Å². The van der Waals surface area contributed by atoms with E-state index in [0.717, 1.165) is 11.6 Å². The molecule has 2 aromatic carbocycles. The summed E-state index contributed by atoms with van der Waals surface area (Å²) in [6.07, 6.45) is -4.50. The van der Waals surface area contributed by atoms with E-state index in [4.69, 9.17) is 4.42 Å². The summed E-state index contributed by atoms with van der Waals surface area (Å²) in [6, 6.07) is 16.2. The molecule has 0 unspecified atom stereocenters. The van der Waals surface area contributed by atoms with Crippen molar-refractivity contribution in [1.29, 1.82) is 0 Å². The summed E-state index contributed by atoms with van der Waals surface area (Å²) in [4.78, 5) is 8.88. The van der Waals surface area contributed by atoms with Crippen LogP contribution in [0, 0.1) is 6.92 Å². The van der Waals surface area contributed by atoms with Crippen LogP contribution in [0.15, 0.2) is 65.1 Å². The molecule has 4 rings (SSSR count). The lowest BCUT2D eigenvalue weighted by Gasteiger charge is -2.13. The molecule has 0 atom stereocenters. The van der Waals surface area contributed by atoms with Crippen molar-refractivity contribution in [2.75, 3.05) is 0 Å². The Kier molecular flexibility index (Phi) is 3.76. The van der Waals surface area contributed by atoms with Crippen molar-refractivity contribution >= 4 is 11.1 Å². The molecule has 0 aliphatic heterocycles. The van der Waals surface area contributed by atoms with Gasteiger partial charge in [0.05, 0.1) is 5.56 Å². The van der Waals surface area contributed by atoms with Crippen LogP contribution in [0.25, 0.3) is 33.7 Å². The first kappa shape index (κ1) is 16.3. The Labute approximate surface area is 147 Å². The molecule has 0 radical (unpaired) electrons. The molecule has 0 aliphatic rings. The van der Waals surface area contributed by atoms with Crippen molar-refractivity contribution in [2.45, 2.75) is 13.1 Å². The number of nitrogens with zero attached hydrogens (tertiary/aromatic N) is 2. The molecule has 0 amide bonds. The molecule has 4 aromatic rings. The lowest BCUT2D eigenvalue weighted by Crippen LogP contribution is -2.07. The Hall–Kier alpha value is -3.15. The van der Waals surface area contributed by atoms with Crippen LogP contribution in [0.4, 0.5) is 13.2 Å². The van der Waals surface area contributed by atoms with Gasteiger partial charge in [-0.25, -0.2) is 9.97 Å². The summed E-state index contributed by atoms with van der Waals surface area (Å²) in [5.41, 5.74) is 0.795. The van der Waals surface area contributed by atoms with E-state index in [9.17, 15) is 13.2 Å². The Morgan fingerprint density at radius 3 is 2.31 bits per heavy atom. The largest absolute Gasteiger partial charge is 0.457 e. The fourth-order valence-electron chi connectivity index (χ4n) is 2.88. The van der Waals surface area contributed by atoms with Crippen molar-refractivity contribution in [3.8, 4) is 22.6 Å². The zero-order valence-corrected chi connectivity index (χ0v) is 13.7. The van der Waals surface area contributed by atoms with Crippen LogP contribution in [-0.4, -0.2) is 9.97 Å². The van der Waals surface area contributed by atoms with Crippen LogP contribution in [0.5, 0.6) is 0 Å². The van der Waals surface area contributed by atoms with E-state index in [1.165, 1.54) is 12.1 Å². The molecule has 2 aromatic heterocycles. The second kappa shape index (κ2) is 5.98. The Morgan fingerprint density at radius 2 is 1.58 bits per heavy atom. The molecule has 0 saturated carbocycles. The predicted octanol–water partition coefficient (Wildman–Crippen LogP) is 5.88. The highest BCUT2D eigenvalue weighted by molar-refractivity contribution is 5.90. The third-order valence-electron chi connectivity index (χ3n) is 4.01. The first-order valence-electron chi connectivity index (χ1n) is 7.94. The number of hydrogen-bond acceptors (Lipinski definition) is 3. The zero-order valence-electron chi connectivity index (χ0n) is 13.7. The number of fused-ring (bicyclic) bond motifs is 1. The van der Waals surface area contributed by atoms with Gasteiger partial charge in [0.15, 0.2) is 11.4 Å². The van der Waals surface area contributed by atoms with Gasteiger partial charge in [-0.3, -0.25) is 0 Å². The normalized spacial score (nSPS) is 11.8. The van der Waals surface area contributed by atoms with E-state index in [2.05, 4.69) is 9.97 Å². The van der Waals surface area contributed by atoms with E-state index >= 15 is 0 Å². The monoisotopic (exact) mass is 354 g/mol. The van der Waals surface area contributed by atoms with Crippen LogP contribution in [-0.2, 0) is 6.18 Å². The SMILES string of the molecule is Cc1cc2nc(-c3ccccc3)nc(-c3ccccc3C(F)(F)F)c2o1. The number of benzene rings is 2. The van der Waals surface area contributed by atoms with Crippen LogP contribution < -0.4 is 0 Å². The number of furan rings is 1. The molecular formula is C20H13F3N2O. The van der Waals surface area contributed by atoms with Crippen molar-refractivity contribution < 1.29 is 17.6 Å². The number of halogens is 3. The minimum atomic E-state index is -4.50. The van der Waals surface area contributed by atoms with Gasteiger partial charge >= 0.3 is 6.18 Å². The molecule has 6 heteroatoms. The number of hydrogen-bond donors (Lipinski definition) is 0. The van der Waals surface area contributed by atoms with E-state index in [1.54, 1.807) is 19.1 Å². The lowest BCUT2D eigenvalue weighted by atomic mass is 10.0. The van der Waals surface area contributed by atoms with Gasteiger partial charge in [-0.05, 0) is 13.0 Å². The van der Waals surface area contributed by atoms with Crippen molar-refractivity contribution in [3.63, 3.8) is 0 Å². The second-order valence-corrected chi connectivity index (χ2v) is 5.88. The van der Waals surface area contributed by atoms with Gasteiger partial charge in [-0.2, -0.15) is 13.2 Å². The van der Waals surface area contributed by atoms with Gasteiger partial charge in [0.25, 0.3) is 0 Å². The van der Waals surface area contributed by atoms with Gasteiger partial charge in [0.1, 0.15) is 17.0 Å². The summed E-state index contributed by atoms with van der Waals surface area (Å²) in [5, 5.41) is 0. The summed E-state index contributed by atoms with van der Waals surface area (Å²) >= 11 is 0. The Bertz CT molecular complexity index is 1090. The third-order valence-corrected chi connectivity index (χ3v) is 4.01. The van der Waals surface area contributed by atoms with Crippen LogP contribution in [0.1, 0.15) is 11.3 Å². The standard InChI is InChI=1S/C20H13F3N2O/c1-12-11-16-18(26-12)17(14-9-5-6-10-15(14)20(21,22)23)25-19(24-16)13-7-3-2-4-8-13/h2-11H,1H3. The molecular weight excluding hydrogens is 341 g/mol. The fourth-order valence-corrected chi connectivity index (χ4v) is 2.88. The highest BCUT2D eigenvalue weighted by Crippen LogP contribution is 2.39.